The highest BCUT2D eigenvalue weighted by atomic mass is 32.2. The lowest BCUT2D eigenvalue weighted by Gasteiger charge is -2.33. The van der Waals surface area contributed by atoms with Crippen LogP contribution >= 0.6 is 0 Å². The van der Waals surface area contributed by atoms with Gasteiger partial charge in [-0.05, 0) is 35.6 Å². The fourth-order valence-corrected chi connectivity index (χ4v) is 5.61. The first kappa shape index (κ1) is 20.9. The standard InChI is InChI=1S/C23H29N3O3S/c1-25-11-5-8-20-16-18(9-10-21(20)25)17-24-23(27)22(19-6-3-2-4-7-19)26-12-14-30(28,29)15-13-26/h2-4,6-7,9-10,16,22H,5,8,11-15,17H2,1H3,(H,24,27). The number of fused-ring (bicyclic) bond motifs is 1. The van der Waals surface area contributed by atoms with Crippen molar-refractivity contribution in [3.8, 4) is 0 Å². The van der Waals surface area contributed by atoms with E-state index in [0.29, 0.717) is 19.6 Å². The van der Waals surface area contributed by atoms with Crippen molar-refractivity contribution in [3.63, 3.8) is 0 Å². The van der Waals surface area contributed by atoms with Crippen LogP contribution < -0.4 is 10.2 Å². The molecule has 2 heterocycles. The molecule has 0 radical (unpaired) electrons. The summed E-state index contributed by atoms with van der Waals surface area (Å²) in [6, 6.07) is 15.5. The smallest absolute Gasteiger partial charge is 0.242 e. The molecule has 1 N–H and O–H groups in total. The van der Waals surface area contributed by atoms with E-state index in [1.165, 1.54) is 11.3 Å². The third-order valence-electron chi connectivity index (χ3n) is 6.07. The first-order chi connectivity index (χ1) is 14.4. The van der Waals surface area contributed by atoms with Gasteiger partial charge in [0.15, 0.2) is 9.84 Å². The molecule has 4 rings (SSSR count). The normalized spacial score (nSPS) is 19.7. The molecule has 1 unspecified atom stereocenters. The van der Waals surface area contributed by atoms with Crippen molar-refractivity contribution in [1.29, 1.82) is 0 Å². The minimum atomic E-state index is -3.00. The molecule has 6 nitrogen and oxygen atoms in total. The summed E-state index contributed by atoms with van der Waals surface area (Å²) in [5, 5.41) is 3.09. The van der Waals surface area contributed by atoms with Crippen LogP contribution in [0.3, 0.4) is 0 Å². The summed E-state index contributed by atoms with van der Waals surface area (Å²) in [6.07, 6.45) is 2.21. The maximum atomic E-state index is 13.2. The number of aryl methyl sites for hydroxylation is 1. The summed E-state index contributed by atoms with van der Waals surface area (Å²) in [7, 11) is -0.889. The molecule has 1 amide bonds. The Bertz CT molecular complexity index is 994. The van der Waals surface area contributed by atoms with Gasteiger partial charge in [-0.3, -0.25) is 9.69 Å². The molecule has 0 saturated carbocycles. The van der Waals surface area contributed by atoms with Crippen molar-refractivity contribution in [2.24, 2.45) is 0 Å². The van der Waals surface area contributed by atoms with Gasteiger partial charge in [0.05, 0.1) is 11.5 Å². The molecular formula is C23H29N3O3S. The predicted octanol–water partition coefficient (Wildman–Crippen LogP) is 2.16. The molecule has 1 fully saturated rings. The topological polar surface area (TPSA) is 69.7 Å². The zero-order valence-corrected chi connectivity index (χ0v) is 18.2. The average Bonchev–Trinajstić information content (AvgIpc) is 2.74. The van der Waals surface area contributed by atoms with Crippen molar-refractivity contribution >= 4 is 21.4 Å². The number of benzene rings is 2. The number of carbonyl (C=O) groups excluding carboxylic acids is 1. The van der Waals surface area contributed by atoms with E-state index >= 15 is 0 Å². The lowest BCUT2D eigenvalue weighted by molar-refractivity contribution is -0.126. The Morgan fingerprint density at radius 2 is 1.80 bits per heavy atom. The van der Waals surface area contributed by atoms with Gasteiger partial charge in [0.25, 0.3) is 0 Å². The number of anilines is 1. The SMILES string of the molecule is CN1CCCc2cc(CNC(=O)C(c3ccccc3)N3CCS(=O)(=O)CC3)ccc21. The molecular weight excluding hydrogens is 398 g/mol. The summed E-state index contributed by atoms with van der Waals surface area (Å²) in [5.74, 6) is 0.111. The molecule has 2 aliphatic heterocycles. The zero-order chi connectivity index (χ0) is 21.1. The van der Waals surface area contributed by atoms with Crippen LogP contribution in [0.15, 0.2) is 48.5 Å². The van der Waals surface area contributed by atoms with E-state index in [2.05, 4.69) is 35.5 Å². The van der Waals surface area contributed by atoms with E-state index in [0.717, 1.165) is 30.5 Å². The van der Waals surface area contributed by atoms with Crippen LogP contribution in [0, 0.1) is 0 Å². The average molecular weight is 428 g/mol. The Kier molecular flexibility index (Phi) is 6.11. The van der Waals surface area contributed by atoms with Crippen LogP contribution in [0.2, 0.25) is 0 Å². The van der Waals surface area contributed by atoms with Crippen LogP contribution in [0.25, 0.3) is 0 Å². The van der Waals surface area contributed by atoms with Crippen molar-refractivity contribution < 1.29 is 13.2 Å². The van der Waals surface area contributed by atoms with E-state index in [4.69, 9.17) is 0 Å². The Balaban J connectivity index is 1.48. The van der Waals surface area contributed by atoms with Crippen molar-refractivity contribution in [1.82, 2.24) is 10.2 Å². The number of nitrogens with zero attached hydrogens (tertiary/aromatic N) is 2. The van der Waals surface area contributed by atoms with Gasteiger partial charge in [-0.1, -0.05) is 42.5 Å². The van der Waals surface area contributed by atoms with Gasteiger partial charge in [-0.25, -0.2) is 8.42 Å². The largest absolute Gasteiger partial charge is 0.374 e. The van der Waals surface area contributed by atoms with Gasteiger partial charge in [0.2, 0.25) is 5.91 Å². The van der Waals surface area contributed by atoms with E-state index in [-0.39, 0.29) is 17.4 Å². The van der Waals surface area contributed by atoms with E-state index < -0.39 is 15.9 Å². The molecule has 7 heteroatoms. The number of nitrogens with one attached hydrogen (secondary N) is 1. The van der Waals surface area contributed by atoms with Crippen LogP contribution in [0.1, 0.15) is 29.2 Å². The fourth-order valence-electron chi connectivity index (χ4n) is 4.38. The summed E-state index contributed by atoms with van der Waals surface area (Å²) in [4.78, 5) is 17.5. The molecule has 2 aliphatic rings. The zero-order valence-electron chi connectivity index (χ0n) is 17.4. The Morgan fingerprint density at radius 3 is 2.53 bits per heavy atom. The molecule has 1 saturated heterocycles. The number of hydrogen-bond acceptors (Lipinski definition) is 5. The highest BCUT2D eigenvalue weighted by molar-refractivity contribution is 7.91. The molecule has 0 spiro atoms. The van der Waals surface area contributed by atoms with E-state index in [9.17, 15) is 13.2 Å². The highest BCUT2D eigenvalue weighted by Crippen LogP contribution is 2.27. The molecule has 30 heavy (non-hydrogen) atoms. The van der Waals surface area contributed by atoms with Gasteiger partial charge in [0, 0.05) is 38.9 Å². The highest BCUT2D eigenvalue weighted by Gasteiger charge is 2.32. The van der Waals surface area contributed by atoms with Crippen molar-refractivity contribution in [3.05, 3.63) is 65.2 Å². The predicted molar refractivity (Wildman–Crippen MR) is 119 cm³/mol. The van der Waals surface area contributed by atoms with E-state index in [1.807, 2.05) is 35.2 Å². The molecule has 2 aromatic carbocycles. The summed E-state index contributed by atoms with van der Waals surface area (Å²) < 4.78 is 23.7. The number of rotatable bonds is 5. The van der Waals surface area contributed by atoms with Gasteiger partial charge in [-0.2, -0.15) is 0 Å². The third kappa shape index (κ3) is 4.68. The lowest BCUT2D eigenvalue weighted by atomic mass is 9.99. The molecule has 1 atom stereocenters. The molecule has 2 aromatic rings. The van der Waals surface area contributed by atoms with Gasteiger partial charge < -0.3 is 10.2 Å². The first-order valence-electron chi connectivity index (χ1n) is 10.5. The Hall–Kier alpha value is -2.38. The van der Waals surface area contributed by atoms with Crippen LogP contribution in [-0.4, -0.2) is 57.4 Å². The Labute approximate surface area is 178 Å². The van der Waals surface area contributed by atoms with Gasteiger partial charge in [0.1, 0.15) is 6.04 Å². The third-order valence-corrected chi connectivity index (χ3v) is 7.68. The molecule has 160 valence electrons. The number of carbonyl (C=O) groups is 1. The second-order valence-electron chi connectivity index (χ2n) is 8.21. The summed E-state index contributed by atoms with van der Waals surface area (Å²) in [5.41, 5.74) is 4.58. The minimum Gasteiger partial charge on any atom is -0.374 e. The monoisotopic (exact) mass is 427 g/mol. The van der Waals surface area contributed by atoms with Crippen molar-refractivity contribution in [2.75, 3.05) is 43.1 Å². The quantitative estimate of drug-likeness (QED) is 0.792. The van der Waals surface area contributed by atoms with Gasteiger partial charge in [-0.15, -0.1) is 0 Å². The first-order valence-corrected chi connectivity index (χ1v) is 12.4. The van der Waals surface area contributed by atoms with E-state index in [1.54, 1.807) is 0 Å². The minimum absolute atomic E-state index is 0.0877. The maximum Gasteiger partial charge on any atom is 0.242 e. The summed E-state index contributed by atoms with van der Waals surface area (Å²) in [6.45, 7) is 2.29. The molecule has 0 aliphatic carbocycles. The van der Waals surface area contributed by atoms with Crippen molar-refractivity contribution in [2.45, 2.75) is 25.4 Å². The van der Waals surface area contributed by atoms with Crippen LogP contribution in [0.4, 0.5) is 5.69 Å². The summed E-state index contributed by atoms with van der Waals surface area (Å²) >= 11 is 0. The van der Waals surface area contributed by atoms with Crippen LogP contribution in [-0.2, 0) is 27.6 Å². The number of hydrogen-bond donors (Lipinski definition) is 1. The number of sulfone groups is 1. The maximum absolute atomic E-state index is 13.2. The second-order valence-corrected chi connectivity index (χ2v) is 10.5. The Morgan fingerprint density at radius 1 is 1.07 bits per heavy atom. The van der Waals surface area contributed by atoms with Gasteiger partial charge >= 0.3 is 0 Å². The number of amides is 1. The van der Waals surface area contributed by atoms with Crippen LogP contribution in [0.5, 0.6) is 0 Å². The second kappa shape index (κ2) is 8.78. The lowest BCUT2D eigenvalue weighted by Crippen LogP contribution is -2.47. The molecule has 0 aromatic heterocycles. The molecule has 0 bridgehead atoms. The fraction of sp³-hybridized carbons (Fsp3) is 0.435.